The molecule has 10 nitrogen and oxygen atoms in total. The number of nitriles is 1. The first kappa shape index (κ1) is 21.2. The fourth-order valence-electron chi connectivity index (χ4n) is 3.65. The molecule has 10 heteroatoms. The average Bonchev–Trinajstić information content (AvgIpc) is 3.50. The van der Waals surface area contributed by atoms with Gasteiger partial charge in [-0.15, -0.1) is 5.10 Å². The molecule has 0 aromatic carbocycles. The highest BCUT2D eigenvalue weighted by molar-refractivity contribution is 5.79. The van der Waals surface area contributed by atoms with Crippen molar-refractivity contribution in [2.75, 3.05) is 5.32 Å². The van der Waals surface area contributed by atoms with E-state index in [4.69, 9.17) is 5.26 Å². The molecule has 0 aliphatic rings. The summed E-state index contributed by atoms with van der Waals surface area (Å²) >= 11 is 0. The Labute approximate surface area is 195 Å². The van der Waals surface area contributed by atoms with E-state index in [1.54, 1.807) is 29.3 Å². The molecule has 5 aromatic heterocycles. The van der Waals surface area contributed by atoms with E-state index in [1.807, 2.05) is 35.1 Å². The third kappa shape index (κ3) is 4.31. The Morgan fingerprint density at radius 3 is 2.79 bits per heavy atom. The van der Waals surface area contributed by atoms with Gasteiger partial charge in [-0.1, -0.05) is 11.3 Å². The summed E-state index contributed by atoms with van der Waals surface area (Å²) in [6, 6.07) is 11.9. The number of rotatable bonds is 7. The molecule has 168 valence electrons. The van der Waals surface area contributed by atoms with Crippen molar-refractivity contribution in [1.82, 2.24) is 39.7 Å². The highest BCUT2D eigenvalue weighted by atomic mass is 15.4. The van der Waals surface area contributed by atoms with E-state index in [0.717, 1.165) is 34.4 Å². The number of nitrogens with zero attached hydrogens (tertiary/aromatic N) is 9. The van der Waals surface area contributed by atoms with Gasteiger partial charge in [0.2, 0.25) is 0 Å². The Morgan fingerprint density at radius 1 is 1.09 bits per heavy atom. The van der Waals surface area contributed by atoms with Crippen molar-refractivity contribution >= 4 is 16.7 Å². The van der Waals surface area contributed by atoms with Crippen LogP contribution in [-0.2, 0) is 13.0 Å². The Morgan fingerprint density at radius 2 is 2.00 bits per heavy atom. The molecule has 5 rings (SSSR count). The quantitative estimate of drug-likeness (QED) is 0.400. The Hall–Kier alpha value is -4.65. The maximum Gasteiger partial charge on any atom is 0.164 e. The van der Waals surface area contributed by atoms with Crippen LogP contribution in [0.25, 0.3) is 28.1 Å². The summed E-state index contributed by atoms with van der Waals surface area (Å²) in [5.41, 5.74) is 4.57. The Kier molecular flexibility index (Phi) is 5.66. The van der Waals surface area contributed by atoms with Crippen LogP contribution in [0.4, 0.5) is 5.69 Å². The molecule has 0 bridgehead atoms. The summed E-state index contributed by atoms with van der Waals surface area (Å²) in [5, 5.41) is 26.5. The lowest BCUT2D eigenvalue weighted by molar-refractivity contribution is 0.584. The van der Waals surface area contributed by atoms with Crippen LogP contribution in [0.1, 0.15) is 25.1 Å². The molecule has 0 amide bonds. The standard InChI is InChI=1S/C24H22N10/c1-16(2)30-21-10-23(34-24-18(13-29-34)9-17(11-25)12-28-24)27-14-20(21)22-15-33(32-31-22)8-6-19-5-3-4-7-26-19/h3-5,7,9-10,12-16H,6,8H2,1-2H3,(H,27,30). The van der Waals surface area contributed by atoms with Crippen molar-refractivity contribution in [3.8, 4) is 23.1 Å². The molecular formula is C24H22N10. The largest absolute Gasteiger partial charge is 0.382 e. The van der Waals surface area contributed by atoms with Gasteiger partial charge in [-0.3, -0.25) is 9.67 Å². The van der Waals surface area contributed by atoms with Gasteiger partial charge in [0.25, 0.3) is 0 Å². The molecule has 34 heavy (non-hydrogen) atoms. The van der Waals surface area contributed by atoms with Crippen LogP contribution in [0, 0.1) is 11.3 Å². The van der Waals surface area contributed by atoms with Gasteiger partial charge in [0.05, 0.1) is 18.0 Å². The average molecular weight is 451 g/mol. The van der Waals surface area contributed by atoms with E-state index in [2.05, 4.69) is 55.6 Å². The van der Waals surface area contributed by atoms with Gasteiger partial charge >= 0.3 is 0 Å². The van der Waals surface area contributed by atoms with Crippen molar-refractivity contribution < 1.29 is 0 Å². The predicted octanol–water partition coefficient (Wildman–Crippen LogP) is 3.40. The van der Waals surface area contributed by atoms with E-state index < -0.39 is 0 Å². The molecule has 0 unspecified atom stereocenters. The predicted molar refractivity (Wildman–Crippen MR) is 127 cm³/mol. The molecule has 0 fully saturated rings. The van der Waals surface area contributed by atoms with Crippen molar-refractivity contribution in [3.63, 3.8) is 0 Å². The number of aromatic nitrogens is 8. The van der Waals surface area contributed by atoms with E-state index in [-0.39, 0.29) is 6.04 Å². The summed E-state index contributed by atoms with van der Waals surface area (Å²) in [5.74, 6) is 0.613. The Bertz CT molecular complexity index is 1480. The topological polar surface area (TPSA) is 123 Å². The minimum absolute atomic E-state index is 0.193. The highest BCUT2D eigenvalue weighted by Gasteiger charge is 2.15. The third-order valence-electron chi connectivity index (χ3n) is 5.23. The van der Waals surface area contributed by atoms with Crippen LogP contribution in [0.2, 0.25) is 0 Å². The SMILES string of the molecule is CC(C)Nc1cc(-n2ncc3cc(C#N)cnc32)ncc1-c1cn(CCc2ccccn2)nn1. The lowest BCUT2D eigenvalue weighted by Crippen LogP contribution is -2.12. The molecule has 0 radical (unpaired) electrons. The van der Waals surface area contributed by atoms with Crippen molar-refractivity contribution in [3.05, 3.63) is 72.6 Å². The molecule has 5 aromatic rings. The fourth-order valence-corrected chi connectivity index (χ4v) is 3.65. The van der Waals surface area contributed by atoms with Gasteiger partial charge in [0.15, 0.2) is 11.5 Å². The molecular weight excluding hydrogens is 428 g/mol. The second-order valence-corrected chi connectivity index (χ2v) is 8.13. The monoisotopic (exact) mass is 450 g/mol. The van der Waals surface area contributed by atoms with E-state index >= 15 is 0 Å². The van der Waals surface area contributed by atoms with Gasteiger partial charge in [-0.2, -0.15) is 15.0 Å². The van der Waals surface area contributed by atoms with Crippen LogP contribution in [0.15, 0.2) is 61.3 Å². The third-order valence-corrected chi connectivity index (χ3v) is 5.23. The van der Waals surface area contributed by atoms with Crippen LogP contribution in [0.5, 0.6) is 0 Å². The number of hydrogen-bond acceptors (Lipinski definition) is 8. The number of anilines is 1. The van der Waals surface area contributed by atoms with Crippen molar-refractivity contribution in [2.24, 2.45) is 0 Å². The van der Waals surface area contributed by atoms with Crippen molar-refractivity contribution in [1.29, 1.82) is 5.26 Å². The first-order valence-corrected chi connectivity index (χ1v) is 10.9. The molecule has 0 saturated carbocycles. The van der Waals surface area contributed by atoms with Gasteiger partial charge in [-0.05, 0) is 32.0 Å². The van der Waals surface area contributed by atoms with Gasteiger partial charge in [0, 0.05) is 66.0 Å². The second-order valence-electron chi connectivity index (χ2n) is 8.13. The molecule has 0 spiro atoms. The lowest BCUT2D eigenvalue weighted by Gasteiger charge is -2.14. The zero-order chi connectivity index (χ0) is 23.5. The molecule has 0 aliphatic heterocycles. The number of hydrogen-bond donors (Lipinski definition) is 1. The van der Waals surface area contributed by atoms with E-state index in [9.17, 15) is 0 Å². The van der Waals surface area contributed by atoms with Crippen LogP contribution in [-0.4, -0.2) is 45.8 Å². The Balaban J connectivity index is 1.46. The number of nitrogens with one attached hydrogen (secondary N) is 1. The minimum atomic E-state index is 0.193. The molecule has 5 heterocycles. The highest BCUT2D eigenvalue weighted by Crippen LogP contribution is 2.28. The van der Waals surface area contributed by atoms with E-state index in [1.165, 1.54) is 6.20 Å². The zero-order valence-electron chi connectivity index (χ0n) is 18.8. The van der Waals surface area contributed by atoms with Crippen LogP contribution < -0.4 is 5.32 Å². The second kappa shape index (κ2) is 9.07. The van der Waals surface area contributed by atoms with E-state index in [0.29, 0.717) is 23.6 Å². The molecule has 1 N–H and O–H groups in total. The maximum atomic E-state index is 9.12. The molecule has 0 atom stereocenters. The smallest absolute Gasteiger partial charge is 0.164 e. The number of pyridine rings is 3. The van der Waals surface area contributed by atoms with Crippen LogP contribution >= 0.6 is 0 Å². The summed E-state index contributed by atoms with van der Waals surface area (Å²) in [6.07, 6.45) is 9.46. The van der Waals surface area contributed by atoms with Gasteiger partial charge < -0.3 is 5.32 Å². The maximum absolute atomic E-state index is 9.12. The first-order valence-electron chi connectivity index (χ1n) is 10.9. The van der Waals surface area contributed by atoms with Crippen molar-refractivity contribution in [2.45, 2.75) is 32.9 Å². The number of aryl methyl sites for hydroxylation is 2. The lowest BCUT2D eigenvalue weighted by atomic mass is 10.1. The molecule has 0 saturated heterocycles. The normalized spacial score (nSPS) is 11.1. The first-order chi connectivity index (χ1) is 16.6. The van der Waals surface area contributed by atoms with Gasteiger partial charge in [0.1, 0.15) is 11.8 Å². The van der Waals surface area contributed by atoms with Gasteiger partial charge in [-0.25, -0.2) is 9.97 Å². The summed E-state index contributed by atoms with van der Waals surface area (Å²) in [7, 11) is 0. The molecule has 0 aliphatic carbocycles. The zero-order valence-corrected chi connectivity index (χ0v) is 18.8. The summed E-state index contributed by atoms with van der Waals surface area (Å²) in [4.78, 5) is 13.4. The number of fused-ring (bicyclic) bond motifs is 1. The summed E-state index contributed by atoms with van der Waals surface area (Å²) < 4.78 is 3.48. The summed E-state index contributed by atoms with van der Waals surface area (Å²) in [6.45, 7) is 4.82. The fraction of sp³-hybridized carbons (Fsp3) is 0.208. The van der Waals surface area contributed by atoms with Crippen LogP contribution in [0.3, 0.4) is 0 Å². The minimum Gasteiger partial charge on any atom is -0.382 e.